The molecule has 0 radical (unpaired) electrons. The molecule has 2 atom stereocenters. The van der Waals surface area contributed by atoms with E-state index in [2.05, 4.69) is 5.92 Å². The monoisotopic (exact) mass is 160 g/mol. The van der Waals surface area contributed by atoms with Crippen LogP contribution < -0.4 is 0 Å². The minimum Gasteiger partial charge on any atom is -0.347 e. The highest BCUT2D eigenvalue weighted by atomic mass is 35.5. The molecule has 0 aromatic carbocycles. The first kappa shape index (κ1) is 9.81. The van der Waals surface area contributed by atoms with Gasteiger partial charge in [0, 0.05) is 0 Å². The van der Waals surface area contributed by atoms with Crippen molar-refractivity contribution >= 4 is 11.6 Å². The lowest BCUT2D eigenvalue weighted by Gasteiger charge is -2.16. The number of alkyl halides is 1. The predicted octanol–water partition coefficient (Wildman–Crippen LogP) is 2.25. The van der Waals surface area contributed by atoms with Crippen LogP contribution in [-0.2, 0) is 4.74 Å². The molecule has 2 unspecified atom stereocenters. The predicted molar refractivity (Wildman–Crippen MR) is 43.9 cm³/mol. The van der Waals surface area contributed by atoms with Crippen molar-refractivity contribution in [3.05, 3.63) is 0 Å². The van der Waals surface area contributed by atoms with Gasteiger partial charge in [0.25, 0.3) is 0 Å². The Bertz CT molecular complexity index is 126. The van der Waals surface area contributed by atoms with Crippen molar-refractivity contribution in [2.75, 3.05) is 0 Å². The van der Waals surface area contributed by atoms with Crippen LogP contribution in [0.4, 0.5) is 0 Å². The van der Waals surface area contributed by atoms with E-state index < -0.39 is 0 Å². The molecule has 2 heteroatoms. The molecule has 10 heavy (non-hydrogen) atoms. The van der Waals surface area contributed by atoms with Crippen molar-refractivity contribution < 1.29 is 4.74 Å². The maximum Gasteiger partial charge on any atom is 0.135 e. The smallest absolute Gasteiger partial charge is 0.135 e. The van der Waals surface area contributed by atoms with Gasteiger partial charge in [-0.15, -0.1) is 6.42 Å². The van der Waals surface area contributed by atoms with E-state index in [-0.39, 0.29) is 11.7 Å². The quantitative estimate of drug-likeness (QED) is 0.455. The molecule has 0 N–H and O–H groups in total. The molecule has 0 rings (SSSR count). The van der Waals surface area contributed by atoms with Crippen LogP contribution in [-0.4, -0.2) is 11.7 Å². The second-order valence-corrected chi connectivity index (χ2v) is 2.97. The van der Waals surface area contributed by atoms with Gasteiger partial charge in [-0.3, -0.25) is 0 Å². The first-order chi connectivity index (χ1) is 4.57. The average Bonchev–Trinajstić information content (AvgIpc) is 1.87. The Morgan fingerprint density at radius 1 is 1.40 bits per heavy atom. The van der Waals surface area contributed by atoms with Gasteiger partial charge in [-0.1, -0.05) is 31.4 Å². The number of hydrogen-bond acceptors (Lipinski definition) is 1. The molecule has 0 aliphatic heterocycles. The lowest BCUT2D eigenvalue weighted by Crippen LogP contribution is -2.18. The summed E-state index contributed by atoms with van der Waals surface area (Å²) >= 11 is 5.77. The number of rotatable bonds is 3. The number of halogens is 1. The Balaban J connectivity index is 3.59. The van der Waals surface area contributed by atoms with Crippen LogP contribution in [0.15, 0.2) is 0 Å². The summed E-state index contributed by atoms with van der Waals surface area (Å²) in [7, 11) is 0. The molecule has 1 nitrogen and oxygen atoms in total. The first-order valence-corrected chi connectivity index (χ1v) is 3.77. The summed E-state index contributed by atoms with van der Waals surface area (Å²) in [4.78, 5) is 0. The van der Waals surface area contributed by atoms with Crippen LogP contribution in [0.1, 0.15) is 20.8 Å². The molecule has 0 aliphatic carbocycles. The van der Waals surface area contributed by atoms with Crippen molar-refractivity contribution in [3.8, 4) is 12.3 Å². The van der Waals surface area contributed by atoms with E-state index in [0.29, 0.717) is 5.92 Å². The Labute approximate surface area is 67.7 Å². The van der Waals surface area contributed by atoms with Gasteiger partial charge in [0.05, 0.1) is 0 Å². The number of terminal acetylenes is 1. The zero-order chi connectivity index (χ0) is 8.15. The van der Waals surface area contributed by atoms with Crippen LogP contribution in [0.25, 0.3) is 0 Å². The summed E-state index contributed by atoms with van der Waals surface area (Å²) < 4.78 is 5.19. The van der Waals surface area contributed by atoms with Crippen molar-refractivity contribution in [3.63, 3.8) is 0 Å². The van der Waals surface area contributed by atoms with Gasteiger partial charge >= 0.3 is 0 Å². The number of ether oxygens (including phenoxy) is 1. The van der Waals surface area contributed by atoms with Crippen LogP contribution in [0.2, 0.25) is 0 Å². The maximum absolute atomic E-state index is 5.77. The van der Waals surface area contributed by atoms with Crippen LogP contribution in [0.5, 0.6) is 0 Å². The molecular formula is C8H13ClO. The first-order valence-electron chi connectivity index (χ1n) is 3.33. The van der Waals surface area contributed by atoms with Gasteiger partial charge in [0.1, 0.15) is 11.7 Å². The standard InChI is InChI=1S/C8H13ClO/c1-5-7(4)10-8(9)6(2)3/h1,6-8H,2-4H3. The highest BCUT2D eigenvalue weighted by Gasteiger charge is 2.11. The molecule has 0 aliphatic rings. The van der Waals surface area contributed by atoms with Gasteiger partial charge in [0.15, 0.2) is 0 Å². The topological polar surface area (TPSA) is 9.23 Å². The molecule has 0 saturated carbocycles. The summed E-state index contributed by atoms with van der Waals surface area (Å²) in [5.74, 6) is 2.75. The molecule has 58 valence electrons. The minimum atomic E-state index is -0.272. The largest absolute Gasteiger partial charge is 0.347 e. The molecule has 0 heterocycles. The fourth-order valence-corrected chi connectivity index (χ4v) is 0.546. The molecule has 0 amide bonds. The summed E-state index contributed by atoms with van der Waals surface area (Å²) in [5, 5.41) is 0. The normalized spacial score (nSPS) is 16.4. The lowest BCUT2D eigenvalue weighted by atomic mass is 10.2. The molecule has 0 aromatic rings. The van der Waals surface area contributed by atoms with E-state index >= 15 is 0 Å². The van der Waals surface area contributed by atoms with Gasteiger partial charge in [0.2, 0.25) is 0 Å². The zero-order valence-corrected chi connectivity index (χ0v) is 7.35. The SMILES string of the molecule is C#CC(C)OC(Cl)C(C)C. The van der Waals surface area contributed by atoms with Gasteiger partial charge < -0.3 is 4.74 Å². The summed E-state index contributed by atoms with van der Waals surface area (Å²) in [6, 6.07) is 0. The van der Waals surface area contributed by atoms with Gasteiger partial charge in [-0.05, 0) is 12.8 Å². The van der Waals surface area contributed by atoms with E-state index in [1.54, 1.807) is 6.92 Å². The highest BCUT2D eigenvalue weighted by Crippen LogP contribution is 2.12. The molecule has 0 saturated heterocycles. The molecule has 0 fully saturated rings. The third kappa shape index (κ3) is 3.76. The zero-order valence-electron chi connectivity index (χ0n) is 6.60. The van der Waals surface area contributed by atoms with Crippen LogP contribution in [0.3, 0.4) is 0 Å². The second-order valence-electron chi connectivity index (χ2n) is 2.54. The fraction of sp³-hybridized carbons (Fsp3) is 0.750. The van der Waals surface area contributed by atoms with Crippen LogP contribution in [0, 0.1) is 18.3 Å². The molecular weight excluding hydrogens is 148 g/mol. The molecule has 0 spiro atoms. The van der Waals surface area contributed by atoms with Crippen molar-refractivity contribution in [1.29, 1.82) is 0 Å². The van der Waals surface area contributed by atoms with Gasteiger partial charge in [-0.2, -0.15) is 0 Å². The highest BCUT2D eigenvalue weighted by molar-refractivity contribution is 6.19. The summed E-state index contributed by atoms with van der Waals surface area (Å²) in [6.07, 6.45) is 4.90. The lowest BCUT2D eigenvalue weighted by molar-refractivity contribution is 0.0521. The van der Waals surface area contributed by atoms with E-state index in [0.717, 1.165) is 0 Å². The number of hydrogen-bond donors (Lipinski definition) is 0. The van der Waals surface area contributed by atoms with Gasteiger partial charge in [-0.25, -0.2) is 0 Å². The van der Waals surface area contributed by atoms with E-state index in [4.69, 9.17) is 22.8 Å². The fourth-order valence-electron chi connectivity index (χ4n) is 0.391. The van der Waals surface area contributed by atoms with Crippen molar-refractivity contribution in [1.82, 2.24) is 0 Å². The Morgan fingerprint density at radius 3 is 2.20 bits per heavy atom. The summed E-state index contributed by atoms with van der Waals surface area (Å²) in [5.41, 5.74) is -0.272. The van der Waals surface area contributed by atoms with E-state index in [9.17, 15) is 0 Å². The average molecular weight is 161 g/mol. The Hall–Kier alpha value is -0.190. The van der Waals surface area contributed by atoms with Crippen molar-refractivity contribution in [2.45, 2.75) is 32.4 Å². The summed E-state index contributed by atoms with van der Waals surface area (Å²) in [6.45, 7) is 5.78. The minimum absolute atomic E-state index is 0.190. The molecule has 0 aromatic heterocycles. The van der Waals surface area contributed by atoms with Crippen LogP contribution >= 0.6 is 11.6 Å². The second kappa shape index (κ2) is 4.60. The van der Waals surface area contributed by atoms with E-state index in [1.165, 1.54) is 0 Å². The third-order valence-electron chi connectivity index (χ3n) is 1.09. The third-order valence-corrected chi connectivity index (χ3v) is 1.70. The van der Waals surface area contributed by atoms with Crippen molar-refractivity contribution in [2.24, 2.45) is 5.92 Å². The Kier molecular flexibility index (Phi) is 4.51. The molecule has 0 bridgehead atoms. The van der Waals surface area contributed by atoms with E-state index in [1.807, 2.05) is 13.8 Å². The Morgan fingerprint density at radius 2 is 1.90 bits per heavy atom. The maximum atomic E-state index is 5.77.